The third kappa shape index (κ3) is 2.15. The highest BCUT2D eigenvalue weighted by atomic mass is 19.1. The van der Waals surface area contributed by atoms with Crippen LogP contribution in [0.2, 0.25) is 0 Å². The number of likely N-dealkylation sites (N-methyl/N-ethyl adjacent to an activating group) is 1. The minimum Gasteiger partial charge on any atom is -0.320 e. The van der Waals surface area contributed by atoms with Gasteiger partial charge in [0.05, 0.1) is 5.52 Å². The molecule has 2 bridgehead atoms. The molecule has 0 spiro atoms. The van der Waals surface area contributed by atoms with E-state index < -0.39 is 6.67 Å². The van der Waals surface area contributed by atoms with Gasteiger partial charge in [0.2, 0.25) is 0 Å². The standard InChI is InChI=1S/C24H24FN3/c1-14-7-19-16(12-26-14)9-17(19)13-28-21-5-3-15(11-25)8-20(21)24-22-6-4-18(27(22)2)10-23(24)28/h3,5,7-8,12-13,18,22H,4,6,9-11H2,1-2H3. The van der Waals surface area contributed by atoms with Gasteiger partial charge < -0.3 is 4.57 Å². The quantitative estimate of drug-likeness (QED) is 0.626. The molecule has 1 aliphatic carbocycles. The highest BCUT2D eigenvalue weighted by Gasteiger charge is 2.40. The van der Waals surface area contributed by atoms with Crippen molar-refractivity contribution < 1.29 is 4.39 Å². The van der Waals surface area contributed by atoms with Gasteiger partial charge in [0.15, 0.2) is 0 Å². The van der Waals surface area contributed by atoms with Gasteiger partial charge in [-0.05, 0) is 72.8 Å². The number of aryl methyl sites for hydroxylation is 1. The van der Waals surface area contributed by atoms with Crippen LogP contribution in [0.3, 0.4) is 0 Å². The molecule has 28 heavy (non-hydrogen) atoms. The largest absolute Gasteiger partial charge is 0.320 e. The van der Waals surface area contributed by atoms with E-state index in [2.05, 4.69) is 52.8 Å². The Kier molecular flexibility index (Phi) is 3.40. The summed E-state index contributed by atoms with van der Waals surface area (Å²) in [7, 11) is 2.25. The van der Waals surface area contributed by atoms with Crippen LogP contribution < -0.4 is 0 Å². The van der Waals surface area contributed by atoms with Gasteiger partial charge in [0, 0.05) is 54.1 Å². The summed E-state index contributed by atoms with van der Waals surface area (Å²) in [6.45, 7) is 1.65. The summed E-state index contributed by atoms with van der Waals surface area (Å²) in [6, 6.07) is 9.42. The predicted octanol–water partition coefficient (Wildman–Crippen LogP) is 5.06. The Bertz CT molecular complexity index is 1160. The van der Waals surface area contributed by atoms with Crippen LogP contribution in [0.4, 0.5) is 4.39 Å². The predicted molar refractivity (Wildman–Crippen MR) is 111 cm³/mol. The Morgan fingerprint density at radius 3 is 3.00 bits per heavy atom. The average Bonchev–Trinajstić information content (AvgIpc) is 3.10. The molecule has 142 valence electrons. The van der Waals surface area contributed by atoms with Crippen molar-refractivity contribution in [1.29, 1.82) is 0 Å². The summed E-state index contributed by atoms with van der Waals surface area (Å²) >= 11 is 0. The number of pyridine rings is 1. The van der Waals surface area contributed by atoms with Crippen LogP contribution in [-0.4, -0.2) is 27.5 Å². The summed E-state index contributed by atoms with van der Waals surface area (Å²) in [5, 5.41) is 1.24. The maximum atomic E-state index is 13.4. The lowest BCUT2D eigenvalue weighted by Gasteiger charge is -2.32. The van der Waals surface area contributed by atoms with E-state index in [1.807, 2.05) is 12.3 Å². The molecule has 3 aromatic rings. The molecule has 0 N–H and O–H groups in total. The topological polar surface area (TPSA) is 21.1 Å². The molecule has 4 heterocycles. The summed E-state index contributed by atoms with van der Waals surface area (Å²) in [5.41, 5.74) is 9.97. The molecule has 1 aromatic carbocycles. The maximum absolute atomic E-state index is 13.4. The van der Waals surface area contributed by atoms with Crippen molar-refractivity contribution >= 4 is 22.7 Å². The molecule has 1 saturated heterocycles. The normalized spacial score (nSPS) is 24.5. The molecule has 3 aliphatic rings. The number of fused-ring (bicyclic) bond motifs is 7. The van der Waals surface area contributed by atoms with Crippen LogP contribution in [0, 0.1) is 6.92 Å². The Hall–Kier alpha value is -2.46. The van der Waals surface area contributed by atoms with Gasteiger partial charge in [-0.3, -0.25) is 9.88 Å². The first-order valence-corrected chi connectivity index (χ1v) is 10.2. The minimum atomic E-state index is -0.403. The molecule has 4 heteroatoms. The van der Waals surface area contributed by atoms with Crippen molar-refractivity contribution in [3.8, 4) is 0 Å². The lowest BCUT2D eigenvalue weighted by atomic mass is 9.84. The SMILES string of the molecule is Cc1cc2c(cn1)CC2=Cn1c2c(c3cc(CF)ccc31)C1CCC(C2)N1C. The van der Waals surface area contributed by atoms with Crippen LogP contribution in [0.1, 0.15) is 52.5 Å². The monoisotopic (exact) mass is 373 g/mol. The van der Waals surface area contributed by atoms with Gasteiger partial charge in [0.1, 0.15) is 6.67 Å². The van der Waals surface area contributed by atoms with E-state index >= 15 is 0 Å². The highest BCUT2D eigenvalue weighted by molar-refractivity contribution is 5.93. The Morgan fingerprint density at radius 2 is 2.14 bits per heavy atom. The zero-order chi connectivity index (χ0) is 19.0. The number of hydrogen-bond acceptors (Lipinski definition) is 2. The second-order valence-corrected chi connectivity index (χ2v) is 8.65. The zero-order valence-electron chi connectivity index (χ0n) is 16.4. The molecule has 2 atom stereocenters. The first-order chi connectivity index (χ1) is 13.6. The number of halogens is 1. The van der Waals surface area contributed by atoms with E-state index in [-0.39, 0.29) is 0 Å². The van der Waals surface area contributed by atoms with Crippen molar-refractivity contribution in [2.24, 2.45) is 0 Å². The van der Waals surface area contributed by atoms with Gasteiger partial charge >= 0.3 is 0 Å². The van der Waals surface area contributed by atoms with Crippen molar-refractivity contribution in [3.05, 3.63) is 64.1 Å². The number of allylic oxidation sites excluding steroid dienone is 1. The molecule has 2 aromatic heterocycles. The van der Waals surface area contributed by atoms with E-state index in [9.17, 15) is 4.39 Å². The number of hydrogen-bond donors (Lipinski definition) is 0. The van der Waals surface area contributed by atoms with Crippen LogP contribution in [0.25, 0.3) is 22.7 Å². The summed E-state index contributed by atoms with van der Waals surface area (Å²) < 4.78 is 15.8. The van der Waals surface area contributed by atoms with Gasteiger partial charge in [0.25, 0.3) is 0 Å². The number of alkyl halides is 1. The minimum absolute atomic E-state index is 0.403. The summed E-state index contributed by atoms with van der Waals surface area (Å²) in [5.74, 6) is 0. The number of benzene rings is 1. The van der Waals surface area contributed by atoms with Gasteiger partial charge in [-0.25, -0.2) is 4.39 Å². The molecule has 0 radical (unpaired) electrons. The molecule has 6 rings (SSSR count). The molecule has 2 unspecified atom stereocenters. The number of aromatic nitrogens is 2. The number of nitrogens with zero attached hydrogens (tertiary/aromatic N) is 3. The van der Waals surface area contributed by atoms with Crippen molar-refractivity contribution in [1.82, 2.24) is 14.5 Å². The fraction of sp³-hybridized carbons (Fsp3) is 0.375. The van der Waals surface area contributed by atoms with Crippen LogP contribution in [-0.2, 0) is 19.5 Å². The van der Waals surface area contributed by atoms with Crippen molar-refractivity contribution in [2.45, 2.75) is 51.4 Å². The van der Waals surface area contributed by atoms with E-state index in [0.717, 1.165) is 24.1 Å². The van der Waals surface area contributed by atoms with Crippen LogP contribution in [0.5, 0.6) is 0 Å². The first-order valence-electron chi connectivity index (χ1n) is 10.2. The molecule has 2 aliphatic heterocycles. The van der Waals surface area contributed by atoms with Crippen molar-refractivity contribution in [2.75, 3.05) is 7.05 Å². The average molecular weight is 373 g/mol. The van der Waals surface area contributed by atoms with Crippen molar-refractivity contribution in [3.63, 3.8) is 0 Å². The smallest absolute Gasteiger partial charge is 0.115 e. The van der Waals surface area contributed by atoms with Gasteiger partial charge in [-0.15, -0.1) is 0 Å². The second-order valence-electron chi connectivity index (χ2n) is 8.65. The molecule has 0 amide bonds. The zero-order valence-corrected chi connectivity index (χ0v) is 16.4. The third-order valence-corrected chi connectivity index (χ3v) is 7.10. The molecule has 3 nitrogen and oxygen atoms in total. The van der Waals surface area contributed by atoms with Crippen LogP contribution in [0.15, 0.2) is 30.5 Å². The van der Waals surface area contributed by atoms with E-state index in [0.29, 0.717) is 12.1 Å². The Balaban J connectivity index is 1.58. The van der Waals surface area contributed by atoms with Crippen LogP contribution >= 0.6 is 0 Å². The molecular formula is C24H24FN3. The molecule has 1 fully saturated rings. The lowest BCUT2D eigenvalue weighted by molar-refractivity contribution is 0.223. The summed E-state index contributed by atoms with van der Waals surface area (Å²) in [4.78, 5) is 6.96. The third-order valence-electron chi connectivity index (χ3n) is 7.10. The van der Waals surface area contributed by atoms with E-state index in [1.54, 1.807) is 0 Å². The molecular weight excluding hydrogens is 349 g/mol. The molecule has 0 saturated carbocycles. The van der Waals surface area contributed by atoms with E-state index in [4.69, 9.17) is 0 Å². The fourth-order valence-electron chi connectivity index (χ4n) is 5.57. The first kappa shape index (κ1) is 16.5. The Morgan fingerprint density at radius 1 is 1.25 bits per heavy atom. The summed E-state index contributed by atoms with van der Waals surface area (Å²) in [6.07, 6.45) is 8.86. The Labute approximate surface area is 164 Å². The second kappa shape index (κ2) is 5.77. The lowest BCUT2D eigenvalue weighted by Crippen LogP contribution is -2.34. The van der Waals surface area contributed by atoms with E-state index in [1.165, 1.54) is 51.7 Å². The number of rotatable bonds is 2. The maximum Gasteiger partial charge on any atom is 0.115 e. The highest BCUT2D eigenvalue weighted by Crippen LogP contribution is 2.47. The fourth-order valence-corrected chi connectivity index (χ4v) is 5.57. The van der Waals surface area contributed by atoms with Gasteiger partial charge in [-0.2, -0.15) is 0 Å². The van der Waals surface area contributed by atoms with Gasteiger partial charge in [-0.1, -0.05) is 6.07 Å².